The molecular weight excluding hydrogens is 252 g/mol. The summed E-state index contributed by atoms with van der Waals surface area (Å²) < 4.78 is 5.73. The molecule has 1 amide bonds. The molecule has 20 heavy (non-hydrogen) atoms. The summed E-state index contributed by atoms with van der Waals surface area (Å²) in [6, 6.07) is 6.66. The number of likely N-dealkylation sites (N-methyl/N-ethyl adjacent to an activating group) is 1. The van der Waals surface area contributed by atoms with E-state index in [1.807, 2.05) is 14.1 Å². The quantitative estimate of drug-likeness (QED) is 0.913. The van der Waals surface area contributed by atoms with Crippen LogP contribution in [0.4, 0.5) is 5.69 Å². The van der Waals surface area contributed by atoms with Gasteiger partial charge in [-0.2, -0.15) is 0 Å². The van der Waals surface area contributed by atoms with Crippen molar-refractivity contribution in [3.05, 3.63) is 29.3 Å². The lowest BCUT2D eigenvalue weighted by Crippen LogP contribution is -2.22. The molecule has 2 aliphatic heterocycles. The van der Waals surface area contributed by atoms with Gasteiger partial charge < -0.3 is 15.0 Å². The molecule has 0 saturated carbocycles. The van der Waals surface area contributed by atoms with E-state index in [0.717, 1.165) is 30.7 Å². The molecule has 1 aromatic carbocycles. The summed E-state index contributed by atoms with van der Waals surface area (Å²) in [6.07, 6.45) is 4.22. The first-order valence-corrected chi connectivity index (χ1v) is 7.37. The molecular formula is C16H22N2O2. The third kappa shape index (κ3) is 2.45. The van der Waals surface area contributed by atoms with Crippen LogP contribution >= 0.6 is 0 Å². The number of hydrogen-bond acceptors (Lipinski definition) is 3. The van der Waals surface area contributed by atoms with Crippen LogP contribution in [0.5, 0.6) is 0 Å². The van der Waals surface area contributed by atoms with Crippen LogP contribution in [0.15, 0.2) is 18.2 Å². The minimum absolute atomic E-state index is 0.178. The smallest absolute Gasteiger partial charge is 0.231 e. The first-order chi connectivity index (χ1) is 9.69. The van der Waals surface area contributed by atoms with E-state index in [1.54, 1.807) is 4.90 Å². The van der Waals surface area contributed by atoms with Crippen molar-refractivity contribution in [1.82, 2.24) is 5.32 Å². The Bertz CT molecular complexity index is 509. The van der Waals surface area contributed by atoms with Gasteiger partial charge in [0.25, 0.3) is 0 Å². The van der Waals surface area contributed by atoms with Crippen LogP contribution < -0.4 is 10.2 Å². The molecule has 2 heterocycles. The number of rotatable bonds is 4. The molecule has 0 radical (unpaired) electrons. The fraction of sp³-hybridized carbons (Fsp3) is 0.562. The maximum absolute atomic E-state index is 11.8. The molecule has 0 aromatic heterocycles. The van der Waals surface area contributed by atoms with Crippen molar-refractivity contribution in [2.75, 3.05) is 25.6 Å². The predicted molar refractivity (Wildman–Crippen MR) is 78.9 cm³/mol. The Hall–Kier alpha value is -1.39. The Morgan fingerprint density at radius 2 is 2.35 bits per heavy atom. The van der Waals surface area contributed by atoms with E-state index in [-0.39, 0.29) is 5.91 Å². The summed E-state index contributed by atoms with van der Waals surface area (Å²) in [5.74, 6) is 0.178. The molecule has 4 heteroatoms. The highest BCUT2D eigenvalue weighted by atomic mass is 16.5. The highest BCUT2D eigenvalue weighted by molar-refractivity contribution is 6.00. The van der Waals surface area contributed by atoms with Gasteiger partial charge in [-0.3, -0.25) is 4.79 Å². The van der Waals surface area contributed by atoms with Crippen molar-refractivity contribution in [2.24, 2.45) is 0 Å². The van der Waals surface area contributed by atoms with Crippen LogP contribution in [0.25, 0.3) is 0 Å². The van der Waals surface area contributed by atoms with Gasteiger partial charge in [0.1, 0.15) is 0 Å². The van der Waals surface area contributed by atoms with Gasteiger partial charge in [-0.15, -0.1) is 0 Å². The fourth-order valence-electron chi connectivity index (χ4n) is 3.22. The molecule has 1 fully saturated rings. The van der Waals surface area contributed by atoms with Crippen LogP contribution in [0.2, 0.25) is 0 Å². The first kappa shape index (κ1) is 13.6. The largest absolute Gasteiger partial charge is 0.378 e. The molecule has 0 aliphatic carbocycles. The number of nitrogens with zero attached hydrogens (tertiary/aromatic N) is 1. The van der Waals surface area contributed by atoms with Crippen molar-refractivity contribution >= 4 is 11.6 Å². The first-order valence-electron chi connectivity index (χ1n) is 7.37. The molecule has 2 atom stereocenters. The minimum atomic E-state index is 0.178. The standard InChI is InChI=1S/C16H22N2O2/c1-17-14(10-13-4-3-7-20-13)11-5-6-15-12(8-11)9-16(19)18(15)2/h5-6,8,13-14,17H,3-4,7,9-10H2,1-2H3. The van der Waals surface area contributed by atoms with Gasteiger partial charge in [0.2, 0.25) is 5.91 Å². The third-order valence-electron chi connectivity index (χ3n) is 4.45. The van der Waals surface area contributed by atoms with Crippen LogP contribution in [-0.2, 0) is 16.0 Å². The summed E-state index contributed by atoms with van der Waals surface area (Å²) in [6.45, 7) is 0.893. The number of anilines is 1. The van der Waals surface area contributed by atoms with E-state index in [2.05, 4.69) is 23.5 Å². The van der Waals surface area contributed by atoms with Crippen LogP contribution in [0.1, 0.15) is 36.4 Å². The molecule has 3 rings (SSSR count). The predicted octanol–water partition coefficient (Wildman–Crippen LogP) is 2.04. The fourth-order valence-corrected chi connectivity index (χ4v) is 3.22. The van der Waals surface area contributed by atoms with Crippen molar-refractivity contribution < 1.29 is 9.53 Å². The van der Waals surface area contributed by atoms with E-state index in [9.17, 15) is 4.79 Å². The second-order valence-electron chi connectivity index (χ2n) is 5.73. The number of carbonyl (C=O) groups is 1. The molecule has 2 unspecified atom stereocenters. The maximum Gasteiger partial charge on any atom is 0.231 e. The van der Waals surface area contributed by atoms with Crippen LogP contribution in [0.3, 0.4) is 0 Å². The molecule has 0 spiro atoms. The molecule has 2 aliphatic rings. The van der Waals surface area contributed by atoms with Gasteiger partial charge >= 0.3 is 0 Å². The minimum Gasteiger partial charge on any atom is -0.378 e. The number of benzene rings is 1. The molecule has 4 nitrogen and oxygen atoms in total. The summed E-state index contributed by atoms with van der Waals surface area (Å²) in [4.78, 5) is 13.5. The van der Waals surface area contributed by atoms with Gasteiger partial charge in [0, 0.05) is 25.4 Å². The van der Waals surface area contributed by atoms with Crippen molar-refractivity contribution in [3.63, 3.8) is 0 Å². The van der Waals surface area contributed by atoms with Crippen molar-refractivity contribution in [1.29, 1.82) is 0 Å². The zero-order valence-electron chi connectivity index (χ0n) is 12.2. The number of fused-ring (bicyclic) bond motifs is 1. The van der Waals surface area contributed by atoms with E-state index in [0.29, 0.717) is 18.6 Å². The summed E-state index contributed by atoms with van der Waals surface area (Å²) in [7, 11) is 3.83. The molecule has 0 bridgehead atoms. The monoisotopic (exact) mass is 274 g/mol. The van der Waals surface area contributed by atoms with Gasteiger partial charge in [-0.05, 0) is 43.5 Å². The Morgan fingerprint density at radius 1 is 1.50 bits per heavy atom. The zero-order valence-corrected chi connectivity index (χ0v) is 12.2. The molecule has 108 valence electrons. The van der Waals surface area contributed by atoms with Gasteiger partial charge in [0.15, 0.2) is 0 Å². The van der Waals surface area contributed by atoms with Crippen molar-refractivity contribution in [3.8, 4) is 0 Å². The highest BCUT2D eigenvalue weighted by Crippen LogP contribution is 2.32. The van der Waals surface area contributed by atoms with Crippen LogP contribution in [0, 0.1) is 0 Å². The lowest BCUT2D eigenvalue weighted by Gasteiger charge is -2.21. The number of hydrogen-bond donors (Lipinski definition) is 1. The average Bonchev–Trinajstić information content (AvgIpc) is 3.05. The SMILES string of the molecule is CNC(CC1CCCO1)c1ccc2c(c1)CC(=O)N2C. The Morgan fingerprint density at radius 3 is 3.05 bits per heavy atom. The van der Waals surface area contributed by atoms with Gasteiger partial charge in [-0.1, -0.05) is 12.1 Å². The van der Waals surface area contributed by atoms with Crippen LogP contribution in [-0.4, -0.2) is 32.7 Å². The van der Waals surface area contributed by atoms with E-state index >= 15 is 0 Å². The number of ether oxygens (including phenoxy) is 1. The number of carbonyl (C=O) groups excluding carboxylic acids is 1. The topological polar surface area (TPSA) is 41.6 Å². The highest BCUT2D eigenvalue weighted by Gasteiger charge is 2.26. The van der Waals surface area contributed by atoms with E-state index in [1.165, 1.54) is 12.0 Å². The molecule has 1 aromatic rings. The second-order valence-corrected chi connectivity index (χ2v) is 5.73. The second kappa shape index (κ2) is 5.54. The van der Waals surface area contributed by atoms with Gasteiger partial charge in [-0.25, -0.2) is 0 Å². The average molecular weight is 274 g/mol. The maximum atomic E-state index is 11.8. The Kier molecular flexibility index (Phi) is 3.76. The summed E-state index contributed by atoms with van der Waals surface area (Å²) in [5.41, 5.74) is 3.44. The van der Waals surface area contributed by atoms with E-state index < -0.39 is 0 Å². The molecule has 1 N–H and O–H groups in total. The normalized spacial score (nSPS) is 23.2. The van der Waals surface area contributed by atoms with Gasteiger partial charge in [0.05, 0.1) is 12.5 Å². The number of amides is 1. The van der Waals surface area contributed by atoms with Crippen molar-refractivity contribution in [2.45, 2.75) is 37.8 Å². The zero-order chi connectivity index (χ0) is 14.1. The summed E-state index contributed by atoms with van der Waals surface area (Å²) in [5, 5.41) is 3.38. The van der Waals surface area contributed by atoms with E-state index in [4.69, 9.17) is 4.74 Å². The number of nitrogens with one attached hydrogen (secondary N) is 1. The Labute approximate surface area is 120 Å². The molecule has 1 saturated heterocycles. The lowest BCUT2D eigenvalue weighted by molar-refractivity contribution is -0.117. The Balaban J connectivity index is 1.79. The summed E-state index contributed by atoms with van der Waals surface area (Å²) >= 11 is 0. The third-order valence-corrected chi connectivity index (χ3v) is 4.45. The lowest BCUT2D eigenvalue weighted by atomic mass is 9.97.